The lowest BCUT2D eigenvalue weighted by atomic mass is 10.1. The van der Waals surface area contributed by atoms with Crippen LogP contribution in [0.15, 0.2) is 36.5 Å². The molecule has 3 aromatic rings. The highest BCUT2D eigenvalue weighted by atomic mass is 35.5. The number of halogens is 3. The molecule has 1 aliphatic heterocycles. The second-order valence-corrected chi connectivity index (χ2v) is 8.66. The summed E-state index contributed by atoms with van der Waals surface area (Å²) in [6.07, 6.45) is 0.957. The van der Waals surface area contributed by atoms with Gasteiger partial charge in [-0.25, -0.2) is 13.8 Å². The molecule has 2 amide bonds. The minimum absolute atomic E-state index is 0.0101. The number of anilines is 1. The third-order valence-corrected chi connectivity index (χ3v) is 5.83. The van der Waals surface area contributed by atoms with Crippen LogP contribution in [-0.2, 0) is 7.05 Å². The van der Waals surface area contributed by atoms with Crippen molar-refractivity contribution in [3.05, 3.63) is 58.4 Å². The van der Waals surface area contributed by atoms with E-state index in [9.17, 15) is 18.4 Å². The van der Waals surface area contributed by atoms with Crippen LogP contribution >= 0.6 is 11.6 Å². The Labute approximate surface area is 211 Å². The molecule has 36 heavy (non-hydrogen) atoms. The first-order valence-electron chi connectivity index (χ1n) is 11.2. The quantitative estimate of drug-likeness (QED) is 0.451. The van der Waals surface area contributed by atoms with Gasteiger partial charge in [0.05, 0.1) is 5.56 Å². The van der Waals surface area contributed by atoms with E-state index < -0.39 is 25.4 Å². The first-order chi connectivity index (χ1) is 17.3. The summed E-state index contributed by atoms with van der Waals surface area (Å²) in [5, 5.41) is 6.92. The van der Waals surface area contributed by atoms with Crippen molar-refractivity contribution in [2.24, 2.45) is 7.05 Å². The molecule has 0 atom stereocenters. The van der Waals surface area contributed by atoms with Crippen molar-refractivity contribution in [3.63, 3.8) is 0 Å². The number of alkyl halides is 2. The van der Waals surface area contributed by atoms with Gasteiger partial charge in [0.15, 0.2) is 11.9 Å². The number of nitrogens with zero attached hydrogens (tertiary/aromatic N) is 4. The predicted molar refractivity (Wildman–Crippen MR) is 129 cm³/mol. The fourth-order valence-electron chi connectivity index (χ4n) is 3.37. The van der Waals surface area contributed by atoms with E-state index in [2.05, 4.69) is 15.4 Å². The average molecular weight is 520 g/mol. The summed E-state index contributed by atoms with van der Waals surface area (Å²) < 4.78 is 38.9. The molecule has 9 nitrogen and oxygen atoms in total. The van der Waals surface area contributed by atoms with Crippen LogP contribution in [0.25, 0.3) is 0 Å². The molecule has 0 saturated carbocycles. The zero-order valence-corrected chi connectivity index (χ0v) is 20.4. The molecule has 0 unspecified atom stereocenters. The van der Waals surface area contributed by atoms with E-state index >= 15 is 0 Å². The summed E-state index contributed by atoms with van der Waals surface area (Å²) in [6.45, 7) is 1.08. The summed E-state index contributed by atoms with van der Waals surface area (Å²) in [5.74, 6) is -0.322. The molecule has 12 heteroatoms. The molecule has 0 aliphatic carbocycles. The molecule has 1 aliphatic rings. The topological polar surface area (TPSA) is 98.6 Å². The maximum Gasteiger partial charge on any atom is 0.257 e. The van der Waals surface area contributed by atoms with Gasteiger partial charge in [-0.3, -0.25) is 14.3 Å². The number of benzene rings is 1. The Morgan fingerprint density at radius 1 is 1.11 bits per heavy atom. The van der Waals surface area contributed by atoms with Crippen LogP contribution in [0.4, 0.5) is 14.6 Å². The molecule has 1 N–H and O–H groups in total. The van der Waals surface area contributed by atoms with Crippen molar-refractivity contribution in [2.75, 3.05) is 31.8 Å². The van der Waals surface area contributed by atoms with Gasteiger partial charge in [0.25, 0.3) is 11.8 Å². The lowest BCUT2D eigenvalue weighted by molar-refractivity contribution is 0.0651. The number of hydrogen-bond acceptors (Lipinski definition) is 6. The Balaban J connectivity index is 1.60. The van der Waals surface area contributed by atoms with Crippen LogP contribution in [0.5, 0.6) is 17.4 Å². The van der Waals surface area contributed by atoms with E-state index in [0.717, 1.165) is 12.1 Å². The predicted octanol–water partition coefficient (Wildman–Crippen LogP) is 4.35. The lowest BCUT2D eigenvalue weighted by Gasteiger charge is -2.30. The number of ether oxygens (including phenoxy) is 2. The third-order valence-electron chi connectivity index (χ3n) is 5.56. The fraction of sp³-hybridized carbons (Fsp3) is 0.333. The van der Waals surface area contributed by atoms with Crippen molar-refractivity contribution in [2.45, 2.75) is 19.4 Å². The normalized spacial score (nSPS) is 12.9. The first-order valence-corrected chi connectivity index (χ1v) is 11.5. The van der Waals surface area contributed by atoms with Gasteiger partial charge in [-0.1, -0.05) is 11.6 Å². The van der Waals surface area contributed by atoms with Gasteiger partial charge in [-0.2, -0.15) is 5.10 Å². The molecule has 3 heterocycles. The zero-order valence-electron chi connectivity index (χ0n) is 19.6. The zero-order chi connectivity index (χ0) is 25.8. The van der Waals surface area contributed by atoms with Crippen LogP contribution in [0.2, 0.25) is 5.02 Å². The minimum atomic E-state index is -1.34. The lowest BCUT2D eigenvalue weighted by Crippen LogP contribution is -2.42. The Hall–Kier alpha value is -3.73. The molecule has 0 bridgehead atoms. The number of amides is 2. The third kappa shape index (κ3) is 5.73. The van der Waals surface area contributed by atoms with Gasteiger partial charge in [0, 0.05) is 49.7 Å². The second kappa shape index (κ2) is 10.9. The van der Waals surface area contributed by atoms with Gasteiger partial charge in [0.2, 0.25) is 5.88 Å². The van der Waals surface area contributed by atoms with Crippen LogP contribution in [-0.4, -0.2) is 64.0 Å². The number of nitrogens with one attached hydrogen (secondary N) is 1. The van der Waals surface area contributed by atoms with E-state index in [0.29, 0.717) is 24.5 Å². The summed E-state index contributed by atoms with van der Waals surface area (Å²) in [4.78, 5) is 31.1. The van der Waals surface area contributed by atoms with Crippen LogP contribution in [0.1, 0.15) is 32.8 Å². The number of likely N-dealkylation sites (tertiary alicyclic amines) is 1. The maximum atomic E-state index is 13.1. The summed E-state index contributed by atoms with van der Waals surface area (Å²) in [6, 6.07) is 7.22. The SMILES string of the molecule is Cc1cc(NC(=O)c2cc(Oc3ncc(C(=O)N4CCC4)cc3Cl)cc(OC(CF)CF)c2)nn1C. The van der Waals surface area contributed by atoms with E-state index in [-0.39, 0.29) is 33.9 Å². The molecule has 0 spiro atoms. The number of hydrogen-bond donors (Lipinski definition) is 1. The molecule has 1 aromatic carbocycles. The molecule has 1 fully saturated rings. The van der Waals surface area contributed by atoms with Crippen molar-refractivity contribution >= 4 is 29.2 Å². The minimum Gasteiger partial charge on any atom is -0.485 e. The number of carbonyl (C=O) groups is 2. The van der Waals surface area contributed by atoms with Crippen molar-refractivity contribution in [1.29, 1.82) is 0 Å². The standard InChI is InChI=1S/C24H24ClF2N5O4/c1-14-6-21(30-31(14)2)29-22(33)15-7-17(35-19(11-26)12-27)10-18(8-15)36-23-20(25)9-16(13-28-23)24(34)32-4-3-5-32/h6-10,13,19H,3-5,11-12H2,1-2H3,(H,29,30,33). The average Bonchev–Trinajstić information content (AvgIpc) is 3.13. The Bertz CT molecular complexity index is 1260. The molecule has 190 valence electrons. The van der Waals surface area contributed by atoms with Crippen molar-refractivity contribution in [1.82, 2.24) is 19.7 Å². The van der Waals surface area contributed by atoms with Crippen LogP contribution in [0, 0.1) is 6.92 Å². The monoisotopic (exact) mass is 519 g/mol. The van der Waals surface area contributed by atoms with Crippen molar-refractivity contribution < 1.29 is 27.8 Å². The fourth-order valence-corrected chi connectivity index (χ4v) is 3.57. The van der Waals surface area contributed by atoms with Gasteiger partial charge < -0.3 is 19.7 Å². The molecular weight excluding hydrogens is 496 g/mol. The number of pyridine rings is 1. The highest BCUT2D eigenvalue weighted by Gasteiger charge is 2.23. The Morgan fingerprint density at radius 3 is 2.42 bits per heavy atom. The van der Waals surface area contributed by atoms with E-state index in [1.165, 1.54) is 30.5 Å². The van der Waals surface area contributed by atoms with Crippen LogP contribution < -0.4 is 14.8 Å². The van der Waals surface area contributed by atoms with E-state index in [1.54, 1.807) is 22.7 Å². The van der Waals surface area contributed by atoms with E-state index in [1.807, 2.05) is 6.92 Å². The van der Waals surface area contributed by atoms with Crippen LogP contribution in [0.3, 0.4) is 0 Å². The number of rotatable bonds is 9. The van der Waals surface area contributed by atoms with Gasteiger partial charge in [-0.15, -0.1) is 0 Å². The second-order valence-electron chi connectivity index (χ2n) is 8.25. The van der Waals surface area contributed by atoms with Crippen molar-refractivity contribution in [3.8, 4) is 17.4 Å². The largest absolute Gasteiger partial charge is 0.485 e. The van der Waals surface area contributed by atoms with Gasteiger partial charge in [-0.05, 0) is 31.5 Å². The molecule has 2 aromatic heterocycles. The Kier molecular flexibility index (Phi) is 7.68. The Morgan fingerprint density at radius 2 is 1.83 bits per heavy atom. The molecule has 1 saturated heterocycles. The summed E-state index contributed by atoms with van der Waals surface area (Å²) in [7, 11) is 1.73. The highest BCUT2D eigenvalue weighted by Crippen LogP contribution is 2.32. The smallest absolute Gasteiger partial charge is 0.257 e. The number of carbonyl (C=O) groups excluding carboxylic acids is 2. The number of aromatic nitrogens is 3. The first kappa shape index (κ1) is 25.4. The maximum absolute atomic E-state index is 13.1. The van der Waals surface area contributed by atoms with E-state index in [4.69, 9.17) is 21.1 Å². The van der Waals surface area contributed by atoms with Gasteiger partial charge >= 0.3 is 0 Å². The highest BCUT2D eigenvalue weighted by molar-refractivity contribution is 6.32. The molecule has 0 radical (unpaired) electrons. The number of aryl methyl sites for hydroxylation is 2. The summed E-state index contributed by atoms with van der Waals surface area (Å²) >= 11 is 6.31. The van der Waals surface area contributed by atoms with Gasteiger partial charge in [0.1, 0.15) is 29.9 Å². The molecule has 4 rings (SSSR count). The molecular formula is C24H24ClF2N5O4. The summed E-state index contributed by atoms with van der Waals surface area (Å²) in [5.41, 5.74) is 1.24.